The van der Waals surface area contributed by atoms with Crippen molar-refractivity contribution in [1.29, 1.82) is 0 Å². The molecular weight excluding hydrogens is 1020 g/mol. The first kappa shape index (κ1) is 65.7. The maximum Gasteiger partial charge on any atom is 0.407 e. The lowest BCUT2D eigenvalue weighted by Gasteiger charge is -2.37. The smallest absolute Gasteiger partial charge is 0.407 e. The van der Waals surface area contributed by atoms with Crippen LogP contribution in [0, 0.1) is 17.0 Å². The number of benzene rings is 2. The Morgan fingerprint density at radius 2 is 1.44 bits per heavy atom. The minimum Gasteiger partial charge on any atom is -0.447 e. The number of amides is 6. The van der Waals surface area contributed by atoms with E-state index in [1.165, 1.54) is 19.2 Å². The van der Waals surface area contributed by atoms with Gasteiger partial charge in [0.1, 0.15) is 34.2 Å². The highest BCUT2D eigenvalue weighted by molar-refractivity contribution is 8.15. The van der Waals surface area contributed by atoms with Crippen molar-refractivity contribution in [2.24, 2.45) is 10.5 Å². The highest BCUT2D eigenvalue weighted by atomic mass is 32.2. The van der Waals surface area contributed by atoms with Gasteiger partial charge in [-0.1, -0.05) is 76.7 Å². The molecule has 2 aromatic carbocycles. The number of nitrogens with zero attached hydrogens (tertiary/aromatic N) is 3. The van der Waals surface area contributed by atoms with Crippen molar-refractivity contribution in [3.8, 4) is 0 Å². The summed E-state index contributed by atoms with van der Waals surface area (Å²) in [6.07, 6.45) is 0.795. The van der Waals surface area contributed by atoms with Gasteiger partial charge in [0.2, 0.25) is 17.7 Å². The SMILES string of the molecule is CCC(C)(NCC(=O)C(C)(CC)NC(COC(=O)NCCC(=O)NCCC[C@@]1(c2ccccc2)SC(c2cc(F)ccc2F)=NN1C(=O)N(C)OC)C(=O)NC(C)(C)CCOC(C)(C)C)C(=O)CCNC(=O)CC(C)(C)C. The number of nitrogens with one attached hydrogen (secondary N) is 6. The van der Waals surface area contributed by atoms with Gasteiger partial charge in [-0.15, -0.1) is 0 Å². The van der Waals surface area contributed by atoms with E-state index in [-0.39, 0.29) is 85.4 Å². The Morgan fingerprint density at radius 1 is 0.805 bits per heavy atom. The minimum atomic E-state index is -1.34. The molecule has 1 heterocycles. The molecule has 1 aliphatic rings. The predicted molar refractivity (Wildman–Crippen MR) is 293 cm³/mol. The molecule has 6 N–H and O–H groups in total. The van der Waals surface area contributed by atoms with Crippen LogP contribution in [0.15, 0.2) is 53.6 Å². The van der Waals surface area contributed by atoms with Crippen molar-refractivity contribution in [3.63, 3.8) is 0 Å². The third-order valence-corrected chi connectivity index (χ3v) is 14.6. The predicted octanol–water partition coefficient (Wildman–Crippen LogP) is 7.22. The van der Waals surface area contributed by atoms with Gasteiger partial charge in [0.15, 0.2) is 11.6 Å². The molecule has 0 bridgehead atoms. The number of alkyl carbamates (subject to hydrolysis) is 1. The number of hydrazone groups is 1. The summed E-state index contributed by atoms with van der Waals surface area (Å²) in [6, 6.07) is 10.00. The number of ether oxygens (including phenoxy) is 2. The Balaban J connectivity index is 1.68. The molecule has 0 saturated heterocycles. The summed E-state index contributed by atoms with van der Waals surface area (Å²) in [7, 11) is 2.70. The van der Waals surface area contributed by atoms with E-state index in [0.29, 0.717) is 37.9 Å². The average molecular weight is 1100 g/mol. The van der Waals surface area contributed by atoms with E-state index in [1.807, 2.05) is 62.3 Å². The lowest BCUT2D eigenvalue weighted by Crippen LogP contribution is -2.63. The number of carbonyl (C=O) groups excluding carboxylic acids is 7. The van der Waals surface area contributed by atoms with Crippen LogP contribution in [0.1, 0.15) is 146 Å². The standard InChI is InChI=1S/C55H85F2N9O10S/c1-15-53(11,42(67)25-30-59-45(70)34-50(3,4)5)61-35-43(68)54(12,16-2)62-41(46(71)63-52(9,10)28-32-76-51(6,7)8)36-75-48(72)60-31-26-44(69)58-29-20-27-55(37-21-18-17-19-22-37)66(49(73)65(13)74-14)64-47(77-55)39-33-38(56)23-24-40(39)57/h17-19,21-24,33,41,61-62H,15-16,20,25-32,34-36H2,1-14H3,(H,58,69)(H,59,70)(H,60,72)(H,63,71)/t41?,53?,54?,55-/m0/s1. The Labute approximate surface area is 458 Å². The van der Waals surface area contributed by atoms with E-state index >= 15 is 4.39 Å². The van der Waals surface area contributed by atoms with Gasteiger partial charge in [-0.05, 0) is 110 Å². The lowest BCUT2D eigenvalue weighted by atomic mass is 9.88. The van der Waals surface area contributed by atoms with Crippen LogP contribution in [-0.2, 0) is 43.2 Å². The second-order valence-electron chi connectivity index (χ2n) is 22.5. The molecule has 77 heavy (non-hydrogen) atoms. The van der Waals surface area contributed by atoms with Crippen LogP contribution >= 0.6 is 11.8 Å². The molecule has 4 atom stereocenters. The molecule has 22 heteroatoms. The topological polar surface area (TPSA) is 238 Å². The molecule has 2 aromatic rings. The van der Waals surface area contributed by atoms with E-state index in [9.17, 15) is 38.0 Å². The fourth-order valence-corrected chi connectivity index (χ4v) is 9.37. The number of hydroxylamine groups is 2. The van der Waals surface area contributed by atoms with Gasteiger partial charge in [0.25, 0.3) is 0 Å². The van der Waals surface area contributed by atoms with Crippen LogP contribution in [0.4, 0.5) is 18.4 Å². The summed E-state index contributed by atoms with van der Waals surface area (Å²) >= 11 is 1.07. The average Bonchev–Trinajstić information content (AvgIpc) is 3.75. The summed E-state index contributed by atoms with van der Waals surface area (Å²) in [6.45, 7) is 22.0. The number of halogens is 2. The van der Waals surface area contributed by atoms with Crippen LogP contribution in [0.3, 0.4) is 0 Å². The largest absolute Gasteiger partial charge is 0.447 e. The molecule has 0 aromatic heterocycles. The first-order valence-electron chi connectivity index (χ1n) is 26.2. The quantitative estimate of drug-likeness (QED) is 0.0335. The van der Waals surface area contributed by atoms with E-state index in [4.69, 9.17) is 14.3 Å². The van der Waals surface area contributed by atoms with Crippen molar-refractivity contribution in [2.45, 2.75) is 168 Å². The molecule has 3 unspecified atom stereocenters. The highest BCUT2D eigenvalue weighted by Crippen LogP contribution is 2.51. The van der Waals surface area contributed by atoms with Gasteiger partial charge >= 0.3 is 12.1 Å². The number of rotatable bonds is 30. The Bertz CT molecular complexity index is 2380. The second-order valence-corrected chi connectivity index (χ2v) is 23.7. The first-order valence-corrected chi connectivity index (χ1v) is 27.0. The maximum atomic E-state index is 15.1. The number of carbonyl (C=O) groups is 7. The van der Waals surface area contributed by atoms with Crippen molar-refractivity contribution in [3.05, 3.63) is 71.3 Å². The summed E-state index contributed by atoms with van der Waals surface area (Å²) in [5.41, 5.74) is -3.32. The summed E-state index contributed by atoms with van der Waals surface area (Å²) in [5.74, 6) is -3.07. The van der Waals surface area contributed by atoms with Gasteiger partial charge < -0.3 is 30.7 Å². The number of thioether (sulfide) groups is 1. The van der Waals surface area contributed by atoms with Gasteiger partial charge in [-0.2, -0.15) is 10.1 Å². The molecular formula is C55H85F2N9O10S. The first-order chi connectivity index (χ1) is 35.8. The zero-order valence-corrected chi connectivity index (χ0v) is 48.5. The van der Waals surface area contributed by atoms with Gasteiger partial charge in [-0.25, -0.2) is 23.4 Å². The lowest BCUT2D eigenvalue weighted by molar-refractivity contribution is -0.129. The van der Waals surface area contributed by atoms with Gasteiger partial charge in [0, 0.05) is 63.7 Å². The molecule has 0 radical (unpaired) electrons. The molecule has 0 spiro atoms. The van der Waals surface area contributed by atoms with Crippen LogP contribution in [-0.4, -0.2) is 138 Å². The molecule has 0 fully saturated rings. The Morgan fingerprint density at radius 3 is 2.05 bits per heavy atom. The molecule has 0 saturated carbocycles. The van der Waals surface area contributed by atoms with Crippen LogP contribution in [0.2, 0.25) is 0 Å². The normalized spacial score (nSPS) is 16.8. The third-order valence-electron chi connectivity index (χ3n) is 13.1. The number of Topliss-reactive ketones (excluding diaryl/α,β-unsaturated/α-hetero) is 2. The van der Waals surface area contributed by atoms with Crippen molar-refractivity contribution < 1.29 is 56.7 Å². The Kier molecular flexibility index (Phi) is 24.7. The number of hydrogen-bond acceptors (Lipinski definition) is 14. The van der Waals surface area contributed by atoms with E-state index < -0.39 is 75.3 Å². The van der Waals surface area contributed by atoms with Gasteiger partial charge in [0.05, 0.1) is 30.3 Å². The van der Waals surface area contributed by atoms with Crippen LogP contribution in [0.25, 0.3) is 0 Å². The molecule has 19 nitrogen and oxygen atoms in total. The number of urea groups is 1. The van der Waals surface area contributed by atoms with E-state index in [1.54, 1.807) is 51.1 Å². The van der Waals surface area contributed by atoms with Crippen molar-refractivity contribution >= 4 is 58.2 Å². The zero-order chi connectivity index (χ0) is 58.0. The summed E-state index contributed by atoms with van der Waals surface area (Å²) in [4.78, 5) is 97.9. The van der Waals surface area contributed by atoms with Crippen LogP contribution < -0.4 is 31.9 Å². The molecule has 430 valence electrons. The molecule has 6 amide bonds. The van der Waals surface area contributed by atoms with Gasteiger partial charge in [-0.3, -0.25) is 39.4 Å². The summed E-state index contributed by atoms with van der Waals surface area (Å²) < 4.78 is 41.0. The number of hydrogen-bond donors (Lipinski definition) is 6. The van der Waals surface area contributed by atoms with E-state index in [2.05, 4.69) is 37.0 Å². The minimum absolute atomic E-state index is 0.0587. The van der Waals surface area contributed by atoms with Crippen molar-refractivity contribution in [1.82, 2.24) is 42.0 Å². The zero-order valence-electron chi connectivity index (χ0n) is 47.7. The summed E-state index contributed by atoms with van der Waals surface area (Å²) in [5, 5.41) is 24.2. The van der Waals surface area contributed by atoms with Crippen molar-refractivity contribution in [2.75, 3.05) is 53.6 Å². The Hall–Kier alpha value is -5.55. The molecule has 3 rings (SSSR count). The highest BCUT2D eigenvalue weighted by Gasteiger charge is 2.50. The third kappa shape index (κ3) is 20.6. The monoisotopic (exact) mass is 1100 g/mol. The molecule has 0 aliphatic carbocycles. The second kappa shape index (κ2) is 28.9. The van der Waals surface area contributed by atoms with Crippen LogP contribution in [0.5, 0.6) is 0 Å². The maximum absolute atomic E-state index is 15.1. The fourth-order valence-electron chi connectivity index (χ4n) is 7.96. The number of ketones is 2. The van der Waals surface area contributed by atoms with E-state index in [0.717, 1.165) is 35.0 Å². The fraction of sp³-hybridized carbons (Fsp3) is 0.636. The molecule has 1 aliphatic heterocycles.